The van der Waals surface area contributed by atoms with Crippen LogP contribution in [0.25, 0.3) is 85.9 Å². The predicted molar refractivity (Wildman–Crippen MR) is 212 cm³/mol. The maximum atomic E-state index is 6.20. The molecule has 0 aliphatic carbocycles. The third-order valence-electron chi connectivity index (χ3n) is 10.1. The summed E-state index contributed by atoms with van der Waals surface area (Å²) in [5, 5.41) is 9.63. The molecule has 11 aromatic rings. The molecule has 234 valence electrons. The van der Waals surface area contributed by atoms with Crippen molar-refractivity contribution in [1.82, 2.24) is 0 Å². The fraction of sp³-hybridized carbons (Fsp3) is 0. The summed E-state index contributed by atoms with van der Waals surface area (Å²) >= 11 is 1.88. The van der Waals surface area contributed by atoms with Crippen LogP contribution in [0.4, 0.5) is 17.1 Å². The summed E-state index contributed by atoms with van der Waals surface area (Å²) in [6, 6.07) is 58.5. The number of thiophene rings is 1. The molecule has 3 nitrogen and oxygen atoms in total. The number of rotatable bonds is 4. The zero-order chi connectivity index (χ0) is 32.8. The van der Waals surface area contributed by atoms with Crippen LogP contribution in [0.2, 0.25) is 0 Å². The Morgan fingerprint density at radius 3 is 1.58 bits per heavy atom. The average Bonchev–Trinajstić information content (AvgIpc) is 3.86. The first-order valence-corrected chi connectivity index (χ1v) is 17.6. The van der Waals surface area contributed by atoms with Gasteiger partial charge in [0.05, 0.1) is 0 Å². The maximum Gasteiger partial charge on any atom is 0.135 e. The van der Waals surface area contributed by atoms with Gasteiger partial charge in [0.25, 0.3) is 0 Å². The molecule has 0 aliphatic rings. The molecule has 0 unspecified atom stereocenters. The SMILES string of the molecule is c1ccc2c(c1)oc1ccc(N(c3ccc(-c4ccc5ccc6c7ccccc7sc6c5c4)cc3)c3ccc4oc5ccccc5c4c3)cc12. The summed E-state index contributed by atoms with van der Waals surface area (Å²) in [5.74, 6) is 0. The van der Waals surface area contributed by atoms with Crippen molar-refractivity contribution in [3.63, 3.8) is 0 Å². The topological polar surface area (TPSA) is 29.5 Å². The first kappa shape index (κ1) is 27.6. The highest BCUT2D eigenvalue weighted by Crippen LogP contribution is 2.43. The number of para-hydroxylation sites is 2. The van der Waals surface area contributed by atoms with E-state index in [-0.39, 0.29) is 0 Å². The molecular formula is C46H27NO2S. The van der Waals surface area contributed by atoms with Crippen molar-refractivity contribution >= 4 is 103 Å². The van der Waals surface area contributed by atoms with E-state index in [1.807, 2.05) is 35.6 Å². The smallest absolute Gasteiger partial charge is 0.135 e. The van der Waals surface area contributed by atoms with Crippen LogP contribution in [0.1, 0.15) is 0 Å². The van der Waals surface area contributed by atoms with Crippen molar-refractivity contribution in [3.8, 4) is 11.1 Å². The van der Waals surface area contributed by atoms with E-state index in [0.29, 0.717) is 0 Å². The second kappa shape index (κ2) is 10.6. The molecule has 0 amide bonds. The van der Waals surface area contributed by atoms with Gasteiger partial charge in [-0.1, -0.05) is 91.0 Å². The third kappa shape index (κ3) is 4.16. The molecule has 0 saturated heterocycles. The molecule has 0 saturated carbocycles. The molecule has 0 spiro atoms. The second-order valence-corrected chi connectivity index (χ2v) is 14.0. The van der Waals surface area contributed by atoms with Crippen LogP contribution >= 0.6 is 11.3 Å². The molecule has 50 heavy (non-hydrogen) atoms. The van der Waals surface area contributed by atoms with E-state index in [4.69, 9.17) is 8.83 Å². The minimum absolute atomic E-state index is 0.880. The van der Waals surface area contributed by atoms with Gasteiger partial charge in [0.2, 0.25) is 0 Å². The highest BCUT2D eigenvalue weighted by Gasteiger charge is 2.18. The molecule has 0 aliphatic heterocycles. The summed E-state index contributed by atoms with van der Waals surface area (Å²) in [7, 11) is 0. The summed E-state index contributed by atoms with van der Waals surface area (Å²) in [6.45, 7) is 0. The number of fused-ring (bicyclic) bond motifs is 11. The van der Waals surface area contributed by atoms with Gasteiger partial charge in [0.15, 0.2) is 0 Å². The van der Waals surface area contributed by atoms with E-state index in [1.54, 1.807) is 0 Å². The average molecular weight is 658 g/mol. The van der Waals surface area contributed by atoms with E-state index in [9.17, 15) is 0 Å². The van der Waals surface area contributed by atoms with Gasteiger partial charge in [-0.05, 0) is 89.3 Å². The molecule has 0 N–H and O–H groups in total. The number of furan rings is 2. The van der Waals surface area contributed by atoms with Gasteiger partial charge in [-0.3, -0.25) is 0 Å². The van der Waals surface area contributed by atoms with E-state index in [1.165, 1.54) is 42.1 Å². The van der Waals surface area contributed by atoms with Crippen LogP contribution in [-0.4, -0.2) is 0 Å². The molecule has 0 fully saturated rings. The maximum absolute atomic E-state index is 6.20. The van der Waals surface area contributed by atoms with Crippen molar-refractivity contribution in [1.29, 1.82) is 0 Å². The Labute approximate surface area is 290 Å². The first-order chi connectivity index (χ1) is 24.7. The van der Waals surface area contributed by atoms with Gasteiger partial charge < -0.3 is 13.7 Å². The number of nitrogens with zero attached hydrogens (tertiary/aromatic N) is 1. The summed E-state index contributed by atoms with van der Waals surface area (Å²) in [5.41, 5.74) is 9.12. The van der Waals surface area contributed by atoms with Crippen LogP contribution in [0.15, 0.2) is 173 Å². The van der Waals surface area contributed by atoms with Crippen LogP contribution < -0.4 is 4.90 Å². The van der Waals surface area contributed by atoms with Crippen LogP contribution in [0.3, 0.4) is 0 Å². The molecule has 3 heterocycles. The lowest BCUT2D eigenvalue weighted by Gasteiger charge is -2.26. The van der Waals surface area contributed by atoms with Crippen molar-refractivity contribution < 1.29 is 8.83 Å². The fourth-order valence-electron chi connectivity index (χ4n) is 7.64. The zero-order valence-electron chi connectivity index (χ0n) is 26.8. The van der Waals surface area contributed by atoms with Gasteiger partial charge in [0.1, 0.15) is 22.3 Å². The molecular weight excluding hydrogens is 631 g/mol. The number of anilines is 3. The van der Waals surface area contributed by atoms with E-state index < -0.39 is 0 Å². The van der Waals surface area contributed by atoms with Gasteiger partial charge in [0, 0.05) is 64.2 Å². The summed E-state index contributed by atoms with van der Waals surface area (Å²) in [6.07, 6.45) is 0. The van der Waals surface area contributed by atoms with Gasteiger partial charge in [-0.15, -0.1) is 11.3 Å². The lowest BCUT2D eigenvalue weighted by Crippen LogP contribution is -2.09. The Bertz CT molecular complexity index is 2990. The highest BCUT2D eigenvalue weighted by molar-refractivity contribution is 7.26. The monoisotopic (exact) mass is 657 g/mol. The molecule has 0 atom stereocenters. The zero-order valence-corrected chi connectivity index (χ0v) is 27.6. The predicted octanol–water partition coefficient (Wildman–Crippen LogP) is 14.1. The first-order valence-electron chi connectivity index (χ1n) is 16.8. The largest absolute Gasteiger partial charge is 0.456 e. The van der Waals surface area contributed by atoms with Gasteiger partial charge in [-0.25, -0.2) is 0 Å². The summed E-state index contributed by atoms with van der Waals surface area (Å²) in [4.78, 5) is 2.33. The molecule has 11 rings (SSSR count). The normalized spacial score (nSPS) is 12.0. The van der Waals surface area contributed by atoms with Crippen molar-refractivity contribution in [2.45, 2.75) is 0 Å². The minimum atomic E-state index is 0.880. The lowest BCUT2D eigenvalue weighted by atomic mass is 9.99. The summed E-state index contributed by atoms with van der Waals surface area (Å²) < 4.78 is 15.1. The quantitative estimate of drug-likeness (QED) is 0.189. The van der Waals surface area contributed by atoms with Crippen molar-refractivity contribution in [2.24, 2.45) is 0 Å². The molecule has 8 aromatic carbocycles. The van der Waals surface area contributed by atoms with Gasteiger partial charge >= 0.3 is 0 Å². The Kier molecular flexibility index (Phi) is 5.83. The van der Waals surface area contributed by atoms with Crippen molar-refractivity contribution in [2.75, 3.05) is 4.90 Å². The Morgan fingerprint density at radius 1 is 0.360 bits per heavy atom. The van der Waals surface area contributed by atoms with Gasteiger partial charge in [-0.2, -0.15) is 0 Å². The van der Waals surface area contributed by atoms with Crippen LogP contribution in [0.5, 0.6) is 0 Å². The van der Waals surface area contributed by atoms with Crippen molar-refractivity contribution in [3.05, 3.63) is 164 Å². The lowest BCUT2D eigenvalue weighted by molar-refractivity contribution is 0.668. The Balaban J connectivity index is 1.06. The molecule has 3 aromatic heterocycles. The van der Waals surface area contributed by atoms with E-state index in [2.05, 4.69) is 144 Å². The van der Waals surface area contributed by atoms with Crippen LogP contribution in [0, 0.1) is 0 Å². The second-order valence-electron chi connectivity index (χ2n) is 12.9. The standard InChI is InChI=1S/C46H27NO2S/c1-4-10-41-34(7-1)39-26-32(20-23-43(39)48-41)47(33-21-24-44-40(27-33)35-8-2-5-11-42(35)49-44)31-18-15-28(16-19-31)30-14-13-29-17-22-37-36-9-3-6-12-45(36)50-46(37)38(29)25-30/h1-27H. The molecule has 0 bridgehead atoms. The fourth-order valence-corrected chi connectivity index (χ4v) is 8.87. The number of benzene rings is 8. The Morgan fingerprint density at radius 2 is 0.900 bits per heavy atom. The van der Waals surface area contributed by atoms with E-state index in [0.717, 1.165) is 60.9 Å². The third-order valence-corrected chi connectivity index (χ3v) is 11.3. The highest BCUT2D eigenvalue weighted by atomic mass is 32.1. The Hall–Kier alpha value is -6.36. The van der Waals surface area contributed by atoms with E-state index >= 15 is 0 Å². The number of hydrogen-bond donors (Lipinski definition) is 0. The molecule has 4 heteroatoms. The molecule has 0 radical (unpaired) electrons. The minimum Gasteiger partial charge on any atom is -0.456 e. The van der Waals surface area contributed by atoms with Crippen LogP contribution in [-0.2, 0) is 0 Å². The number of hydrogen-bond acceptors (Lipinski definition) is 4.